The maximum Gasteiger partial charge on any atom is 0.224 e. The fourth-order valence-corrected chi connectivity index (χ4v) is 4.26. The van der Waals surface area contributed by atoms with Crippen molar-refractivity contribution in [2.75, 3.05) is 0 Å². The number of fused-ring (bicyclic) bond motifs is 2. The number of aromatic hydroxyl groups is 1. The van der Waals surface area contributed by atoms with Crippen LogP contribution in [0, 0.1) is 0 Å². The van der Waals surface area contributed by atoms with E-state index in [-0.39, 0.29) is 5.75 Å². The highest BCUT2D eigenvalue weighted by Gasteiger charge is 2.46. The van der Waals surface area contributed by atoms with Gasteiger partial charge in [0.1, 0.15) is 11.5 Å². The van der Waals surface area contributed by atoms with Crippen molar-refractivity contribution in [3.05, 3.63) is 107 Å². The molecule has 28 heavy (non-hydrogen) atoms. The third-order valence-corrected chi connectivity index (χ3v) is 5.48. The lowest BCUT2D eigenvalue weighted by Crippen LogP contribution is -2.35. The topological polar surface area (TPSA) is 62.6 Å². The van der Waals surface area contributed by atoms with Gasteiger partial charge in [-0.1, -0.05) is 54.6 Å². The lowest BCUT2D eigenvalue weighted by atomic mass is 9.63. The minimum atomic E-state index is -0.650. The molecule has 2 aliphatic rings. The number of allylic oxidation sites excluding steroid dienone is 2. The average Bonchev–Trinajstić information content (AvgIpc) is 2.73. The molecule has 5 rings (SSSR count). The van der Waals surface area contributed by atoms with Gasteiger partial charge in [0.25, 0.3) is 0 Å². The number of para-hydroxylation sites is 1. The molecule has 2 N–H and O–H groups in total. The van der Waals surface area contributed by atoms with Crippen LogP contribution in [0.2, 0.25) is 0 Å². The van der Waals surface area contributed by atoms with Gasteiger partial charge in [-0.25, -0.2) is 4.98 Å². The first-order valence-electron chi connectivity index (χ1n) is 9.29. The highest BCUT2D eigenvalue weighted by molar-refractivity contribution is 5.69. The van der Waals surface area contributed by atoms with Gasteiger partial charge >= 0.3 is 0 Å². The minimum Gasteiger partial charge on any atom is -0.508 e. The van der Waals surface area contributed by atoms with Gasteiger partial charge in [0.2, 0.25) is 5.88 Å². The summed E-state index contributed by atoms with van der Waals surface area (Å²) >= 11 is 0. The number of hydrogen-bond donors (Lipinski definition) is 2. The van der Waals surface area contributed by atoms with E-state index in [1.54, 1.807) is 18.3 Å². The number of benzene rings is 2. The number of rotatable bonds is 2. The highest BCUT2D eigenvalue weighted by atomic mass is 16.5. The van der Waals surface area contributed by atoms with E-state index >= 15 is 0 Å². The third-order valence-electron chi connectivity index (χ3n) is 5.48. The van der Waals surface area contributed by atoms with Crippen LogP contribution in [0.5, 0.6) is 17.4 Å². The van der Waals surface area contributed by atoms with Crippen molar-refractivity contribution >= 4 is 0 Å². The fourth-order valence-electron chi connectivity index (χ4n) is 4.26. The van der Waals surface area contributed by atoms with Crippen LogP contribution in [0.15, 0.2) is 90.7 Å². The van der Waals surface area contributed by atoms with Crippen LogP contribution >= 0.6 is 0 Å². The number of phenols is 1. The Bertz CT molecular complexity index is 1050. The number of phenolic OH excluding ortho intramolecular Hbond substituents is 1. The molecule has 4 heteroatoms. The molecule has 2 unspecified atom stereocenters. The summed E-state index contributed by atoms with van der Waals surface area (Å²) in [5.74, 6) is 1.53. The molecule has 138 valence electrons. The Morgan fingerprint density at radius 3 is 2.54 bits per heavy atom. The van der Waals surface area contributed by atoms with Crippen molar-refractivity contribution in [2.24, 2.45) is 0 Å². The molecule has 4 nitrogen and oxygen atoms in total. The van der Waals surface area contributed by atoms with Gasteiger partial charge in [-0.3, -0.25) is 0 Å². The van der Waals surface area contributed by atoms with Crippen LogP contribution in [0.25, 0.3) is 0 Å². The molecule has 0 saturated heterocycles. The zero-order chi connectivity index (χ0) is 19.1. The molecule has 1 aliphatic heterocycles. The molecule has 1 aliphatic carbocycles. The van der Waals surface area contributed by atoms with Crippen molar-refractivity contribution in [1.82, 2.24) is 4.98 Å². The smallest absolute Gasteiger partial charge is 0.224 e. The fraction of sp³-hybridized carbons (Fsp3) is 0.125. The molecule has 0 spiro atoms. The number of aliphatic hydroxyl groups excluding tert-OH is 1. The second-order valence-corrected chi connectivity index (χ2v) is 7.07. The second kappa shape index (κ2) is 6.36. The first-order valence-corrected chi connectivity index (χ1v) is 9.29. The van der Waals surface area contributed by atoms with Crippen molar-refractivity contribution in [3.8, 4) is 17.4 Å². The van der Waals surface area contributed by atoms with Crippen LogP contribution < -0.4 is 4.74 Å². The van der Waals surface area contributed by atoms with E-state index in [4.69, 9.17) is 4.74 Å². The van der Waals surface area contributed by atoms with Crippen molar-refractivity contribution in [2.45, 2.75) is 17.9 Å². The molecule has 3 aromatic rings. The molecule has 1 aromatic heterocycles. The molecule has 0 fully saturated rings. The lowest BCUT2D eigenvalue weighted by molar-refractivity contribution is 0.224. The van der Waals surface area contributed by atoms with E-state index in [9.17, 15) is 10.2 Å². The summed E-state index contributed by atoms with van der Waals surface area (Å²) in [5, 5.41) is 19.9. The summed E-state index contributed by atoms with van der Waals surface area (Å²) in [4.78, 5) is 4.49. The van der Waals surface area contributed by atoms with Gasteiger partial charge in [0.15, 0.2) is 0 Å². The monoisotopic (exact) mass is 369 g/mol. The normalized spacial score (nSPS) is 22.6. The summed E-state index contributed by atoms with van der Waals surface area (Å²) in [6, 6.07) is 19.2. The summed E-state index contributed by atoms with van der Waals surface area (Å²) in [6.07, 6.45) is 7.68. The Hall–Kier alpha value is -3.37. The van der Waals surface area contributed by atoms with E-state index in [0.29, 0.717) is 12.3 Å². The van der Waals surface area contributed by atoms with Gasteiger partial charge in [-0.15, -0.1) is 0 Å². The summed E-state index contributed by atoms with van der Waals surface area (Å²) in [5.41, 5.74) is 3.35. The number of aliphatic hydroxyl groups is 1. The number of aromatic nitrogens is 1. The van der Waals surface area contributed by atoms with Crippen LogP contribution in [0.3, 0.4) is 0 Å². The zero-order valence-corrected chi connectivity index (χ0v) is 15.1. The summed E-state index contributed by atoms with van der Waals surface area (Å²) < 4.78 is 6.13. The van der Waals surface area contributed by atoms with Crippen LogP contribution in [-0.2, 0) is 5.41 Å². The Morgan fingerprint density at radius 2 is 1.75 bits per heavy atom. The van der Waals surface area contributed by atoms with Gasteiger partial charge in [-0.05, 0) is 41.8 Å². The van der Waals surface area contributed by atoms with Gasteiger partial charge in [0.05, 0.1) is 11.5 Å². The van der Waals surface area contributed by atoms with E-state index in [0.717, 1.165) is 28.0 Å². The zero-order valence-electron chi connectivity index (χ0n) is 15.1. The third kappa shape index (κ3) is 2.38. The predicted molar refractivity (Wildman–Crippen MR) is 107 cm³/mol. The predicted octanol–water partition coefficient (Wildman–Crippen LogP) is 4.47. The van der Waals surface area contributed by atoms with Crippen molar-refractivity contribution < 1.29 is 14.9 Å². The Balaban J connectivity index is 1.90. The molecule has 2 atom stereocenters. The van der Waals surface area contributed by atoms with Crippen LogP contribution in [0.1, 0.15) is 23.1 Å². The van der Waals surface area contributed by atoms with Crippen molar-refractivity contribution in [3.63, 3.8) is 0 Å². The minimum absolute atomic E-state index is 0.217. The molecule has 2 heterocycles. The maximum absolute atomic E-state index is 10.0. The molecular weight excluding hydrogens is 350 g/mol. The van der Waals surface area contributed by atoms with Gasteiger partial charge < -0.3 is 14.9 Å². The van der Waals surface area contributed by atoms with Crippen LogP contribution in [-0.4, -0.2) is 21.3 Å². The number of pyridine rings is 1. The standard InChI is InChI=1S/C24H19NO3/c26-18-11-7-16(8-12-18)24(17-9-13-19(27)14-10-17)20-4-1-2-6-22(20)28-23-21(24)5-3-15-25-23/h1-13,15,19,26-27H,14H2. The largest absolute Gasteiger partial charge is 0.508 e. The number of hydrogen-bond acceptors (Lipinski definition) is 4. The van der Waals surface area contributed by atoms with E-state index in [1.165, 1.54) is 0 Å². The quantitative estimate of drug-likeness (QED) is 0.699. The Morgan fingerprint density at radius 1 is 0.964 bits per heavy atom. The highest BCUT2D eigenvalue weighted by Crippen LogP contribution is 2.55. The first kappa shape index (κ1) is 16.8. The Labute approximate surface area is 163 Å². The summed E-state index contributed by atoms with van der Waals surface area (Å²) in [7, 11) is 0. The summed E-state index contributed by atoms with van der Waals surface area (Å²) in [6.45, 7) is 0. The van der Waals surface area contributed by atoms with E-state index in [2.05, 4.69) is 17.1 Å². The molecule has 0 saturated carbocycles. The SMILES string of the molecule is Oc1ccc(C2(C3=CCC(O)C=C3)c3ccccc3Oc3ncccc32)cc1. The molecule has 2 aromatic carbocycles. The number of nitrogens with zero attached hydrogens (tertiary/aromatic N) is 1. The Kier molecular flexibility index (Phi) is 3.81. The van der Waals surface area contributed by atoms with Crippen molar-refractivity contribution in [1.29, 1.82) is 0 Å². The molecule has 0 bridgehead atoms. The molecule has 0 amide bonds. The van der Waals surface area contributed by atoms with Gasteiger partial charge in [0, 0.05) is 17.3 Å². The molecular formula is C24H19NO3. The van der Waals surface area contributed by atoms with E-state index in [1.807, 2.05) is 54.6 Å². The van der Waals surface area contributed by atoms with E-state index < -0.39 is 11.5 Å². The second-order valence-electron chi connectivity index (χ2n) is 7.07. The lowest BCUT2D eigenvalue weighted by Gasteiger charge is -2.42. The average molecular weight is 369 g/mol. The molecule has 0 radical (unpaired) electrons. The maximum atomic E-state index is 10.0. The first-order chi connectivity index (χ1) is 13.7. The van der Waals surface area contributed by atoms with Gasteiger partial charge in [-0.2, -0.15) is 0 Å². The number of ether oxygens (including phenoxy) is 1. The van der Waals surface area contributed by atoms with Crippen LogP contribution in [0.4, 0.5) is 0 Å².